The Labute approximate surface area is 154 Å². The SMILES string of the molecule is O=C1CCCCN1CCCC(=O)N1CCCN(c2ccc(F)cc2)CC1. The first kappa shape index (κ1) is 18.7. The monoisotopic (exact) mass is 361 g/mol. The third kappa shape index (κ3) is 4.96. The number of piperidine rings is 1. The van der Waals surface area contributed by atoms with Gasteiger partial charge in [0.2, 0.25) is 11.8 Å². The minimum absolute atomic E-state index is 0.176. The van der Waals surface area contributed by atoms with Gasteiger partial charge >= 0.3 is 0 Å². The molecule has 0 aromatic heterocycles. The van der Waals surface area contributed by atoms with Crippen LogP contribution in [0, 0.1) is 5.82 Å². The van der Waals surface area contributed by atoms with Gasteiger partial charge in [-0.3, -0.25) is 9.59 Å². The Morgan fingerprint density at radius 1 is 0.962 bits per heavy atom. The number of rotatable bonds is 5. The molecule has 2 aliphatic rings. The van der Waals surface area contributed by atoms with Crippen molar-refractivity contribution in [2.24, 2.45) is 0 Å². The predicted octanol–water partition coefficient (Wildman–Crippen LogP) is 2.66. The van der Waals surface area contributed by atoms with Crippen LogP contribution in [0.1, 0.15) is 38.5 Å². The van der Waals surface area contributed by atoms with E-state index in [9.17, 15) is 14.0 Å². The van der Waals surface area contributed by atoms with Crippen molar-refractivity contribution in [2.75, 3.05) is 44.2 Å². The fraction of sp³-hybridized carbons (Fsp3) is 0.600. The molecular formula is C20H28FN3O2. The van der Waals surface area contributed by atoms with Crippen LogP contribution in [0.15, 0.2) is 24.3 Å². The van der Waals surface area contributed by atoms with Gasteiger partial charge in [-0.1, -0.05) is 0 Å². The van der Waals surface area contributed by atoms with Crippen molar-refractivity contribution in [1.29, 1.82) is 0 Å². The second-order valence-electron chi connectivity index (χ2n) is 7.14. The van der Waals surface area contributed by atoms with E-state index in [2.05, 4.69) is 4.90 Å². The van der Waals surface area contributed by atoms with Crippen molar-refractivity contribution in [3.8, 4) is 0 Å². The quantitative estimate of drug-likeness (QED) is 0.810. The van der Waals surface area contributed by atoms with E-state index in [4.69, 9.17) is 0 Å². The Balaban J connectivity index is 1.43. The van der Waals surface area contributed by atoms with Crippen LogP contribution in [0.5, 0.6) is 0 Å². The molecule has 2 aliphatic heterocycles. The lowest BCUT2D eigenvalue weighted by molar-refractivity contribution is -0.135. The maximum atomic E-state index is 13.1. The maximum Gasteiger partial charge on any atom is 0.222 e. The summed E-state index contributed by atoms with van der Waals surface area (Å²) in [6.07, 6.45) is 4.87. The standard InChI is InChI=1S/C20H28FN3O2/c21-17-7-9-18(10-8-17)22-13-4-14-24(16-15-22)20(26)6-3-12-23-11-2-1-5-19(23)25/h7-10H,1-6,11-16H2. The maximum absolute atomic E-state index is 13.1. The number of hydrogen-bond acceptors (Lipinski definition) is 3. The number of nitrogens with zero attached hydrogens (tertiary/aromatic N) is 3. The molecule has 3 rings (SSSR count). The van der Waals surface area contributed by atoms with Crippen molar-refractivity contribution in [1.82, 2.24) is 9.80 Å². The summed E-state index contributed by atoms with van der Waals surface area (Å²) in [6.45, 7) is 4.63. The lowest BCUT2D eigenvalue weighted by Crippen LogP contribution is -2.38. The molecule has 1 aromatic rings. The van der Waals surface area contributed by atoms with Gasteiger partial charge in [-0.05, 0) is 49.9 Å². The molecule has 0 radical (unpaired) electrons. The minimum Gasteiger partial charge on any atom is -0.370 e. The number of anilines is 1. The minimum atomic E-state index is -0.229. The molecule has 2 saturated heterocycles. The molecule has 1 aromatic carbocycles. The average molecular weight is 361 g/mol. The smallest absolute Gasteiger partial charge is 0.222 e. The molecule has 0 saturated carbocycles. The van der Waals surface area contributed by atoms with E-state index in [1.165, 1.54) is 12.1 Å². The molecule has 0 spiro atoms. The predicted molar refractivity (Wildman–Crippen MR) is 99.5 cm³/mol. The molecule has 2 fully saturated rings. The molecule has 0 bridgehead atoms. The molecule has 5 nitrogen and oxygen atoms in total. The number of carbonyl (C=O) groups is 2. The van der Waals surface area contributed by atoms with Gasteiger partial charge < -0.3 is 14.7 Å². The highest BCUT2D eigenvalue weighted by atomic mass is 19.1. The number of likely N-dealkylation sites (tertiary alicyclic amines) is 1. The Kier molecular flexibility index (Phi) is 6.47. The summed E-state index contributed by atoms with van der Waals surface area (Å²) in [5, 5.41) is 0. The zero-order valence-electron chi connectivity index (χ0n) is 15.3. The van der Waals surface area contributed by atoms with Gasteiger partial charge in [0.15, 0.2) is 0 Å². The summed E-state index contributed by atoms with van der Waals surface area (Å²) >= 11 is 0. The van der Waals surface area contributed by atoms with Crippen molar-refractivity contribution < 1.29 is 14.0 Å². The van der Waals surface area contributed by atoms with E-state index in [0.29, 0.717) is 25.9 Å². The number of amides is 2. The van der Waals surface area contributed by atoms with E-state index in [1.807, 2.05) is 9.80 Å². The van der Waals surface area contributed by atoms with Crippen LogP contribution in [-0.4, -0.2) is 60.9 Å². The lowest BCUT2D eigenvalue weighted by Gasteiger charge is -2.27. The second-order valence-corrected chi connectivity index (χ2v) is 7.14. The summed E-state index contributed by atoms with van der Waals surface area (Å²) in [5.74, 6) is 0.177. The molecule has 142 valence electrons. The van der Waals surface area contributed by atoms with Crippen LogP contribution in [0.3, 0.4) is 0 Å². The Morgan fingerprint density at radius 2 is 1.77 bits per heavy atom. The topological polar surface area (TPSA) is 43.9 Å². The molecule has 2 heterocycles. The first-order chi connectivity index (χ1) is 12.6. The summed E-state index contributed by atoms with van der Waals surface area (Å²) < 4.78 is 13.1. The zero-order valence-corrected chi connectivity index (χ0v) is 15.3. The fourth-order valence-electron chi connectivity index (χ4n) is 3.75. The van der Waals surface area contributed by atoms with Gasteiger partial charge in [-0.2, -0.15) is 0 Å². The van der Waals surface area contributed by atoms with Crippen molar-refractivity contribution >= 4 is 17.5 Å². The molecule has 6 heteroatoms. The largest absolute Gasteiger partial charge is 0.370 e. The van der Waals surface area contributed by atoms with Crippen molar-refractivity contribution in [3.05, 3.63) is 30.1 Å². The van der Waals surface area contributed by atoms with Gasteiger partial charge in [0.1, 0.15) is 5.82 Å². The summed E-state index contributed by atoms with van der Waals surface area (Å²) in [4.78, 5) is 30.4. The van der Waals surface area contributed by atoms with Crippen LogP contribution < -0.4 is 4.90 Å². The molecule has 0 unspecified atom stereocenters. The van der Waals surface area contributed by atoms with Crippen LogP contribution in [0.2, 0.25) is 0 Å². The van der Waals surface area contributed by atoms with Crippen LogP contribution in [-0.2, 0) is 9.59 Å². The first-order valence-electron chi connectivity index (χ1n) is 9.69. The van der Waals surface area contributed by atoms with Crippen LogP contribution >= 0.6 is 0 Å². The van der Waals surface area contributed by atoms with Gasteiger partial charge in [0.05, 0.1) is 0 Å². The fourth-order valence-corrected chi connectivity index (χ4v) is 3.75. The molecule has 0 aliphatic carbocycles. The van der Waals surface area contributed by atoms with E-state index in [1.54, 1.807) is 12.1 Å². The lowest BCUT2D eigenvalue weighted by atomic mass is 10.1. The molecule has 26 heavy (non-hydrogen) atoms. The molecule has 2 amide bonds. The number of halogens is 1. The normalized spacial score (nSPS) is 18.8. The Bertz CT molecular complexity index is 620. The first-order valence-corrected chi connectivity index (χ1v) is 9.69. The van der Waals surface area contributed by atoms with Gasteiger partial charge in [-0.25, -0.2) is 4.39 Å². The Morgan fingerprint density at radius 3 is 2.54 bits per heavy atom. The van der Waals surface area contributed by atoms with Crippen molar-refractivity contribution in [2.45, 2.75) is 38.5 Å². The summed E-state index contributed by atoms with van der Waals surface area (Å²) in [7, 11) is 0. The highest BCUT2D eigenvalue weighted by molar-refractivity contribution is 5.77. The zero-order chi connectivity index (χ0) is 18.4. The molecular weight excluding hydrogens is 333 g/mol. The number of benzene rings is 1. The van der Waals surface area contributed by atoms with E-state index < -0.39 is 0 Å². The highest BCUT2D eigenvalue weighted by Crippen LogP contribution is 2.18. The summed E-state index contributed by atoms with van der Waals surface area (Å²) in [5.41, 5.74) is 1.00. The van der Waals surface area contributed by atoms with Gasteiger partial charge in [0, 0.05) is 57.8 Å². The van der Waals surface area contributed by atoms with Crippen molar-refractivity contribution in [3.63, 3.8) is 0 Å². The summed E-state index contributed by atoms with van der Waals surface area (Å²) in [6, 6.07) is 6.54. The van der Waals surface area contributed by atoms with E-state index in [0.717, 1.165) is 57.5 Å². The van der Waals surface area contributed by atoms with Gasteiger partial charge in [0.25, 0.3) is 0 Å². The second kappa shape index (κ2) is 9.01. The molecule has 0 atom stereocenters. The Hall–Kier alpha value is -2.11. The van der Waals surface area contributed by atoms with Crippen LogP contribution in [0.25, 0.3) is 0 Å². The van der Waals surface area contributed by atoms with Gasteiger partial charge in [-0.15, -0.1) is 0 Å². The van der Waals surface area contributed by atoms with E-state index in [-0.39, 0.29) is 17.6 Å². The highest BCUT2D eigenvalue weighted by Gasteiger charge is 2.21. The van der Waals surface area contributed by atoms with Crippen LogP contribution in [0.4, 0.5) is 10.1 Å². The average Bonchev–Trinajstić information content (AvgIpc) is 2.90. The molecule has 0 N–H and O–H groups in total. The number of hydrogen-bond donors (Lipinski definition) is 0. The third-order valence-electron chi connectivity index (χ3n) is 5.28. The number of carbonyl (C=O) groups excluding carboxylic acids is 2. The van der Waals surface area contributed by atoms with E-state index >= 15 is 0 Å². The third-order valence-corrected chi connectivity index (χ3v) is 5.28.